The predicted octanol–water partition coefficient (Wildman–Crippen LogP) is 1.63. The molecule has 1 fully saturated rings. The third-order valence-electron chi connectivity index (χ3n) is 3.80. The Bertz CT molecular complexity index is 279. The highest BCUT2D eigenvalue weighted by Crippen LogP contribution is 2.37. The van der Waals surface area contributed by atoms with Crippen molar-refractivity contribution in [2.75, 3.05) is 26.7 Å². The van der Waals surface area contributed by atoms with Crippen molar-refractivity contribution in [3.63, 3.8) is 0 Å². The Balaban J connectivity index is 2.17. The molecule has 3 unspecified atom stereocenters. The average Bonchev–Trinajstić information content (AvgIpc) is 2.94. The lowest BCUT2D eigenvalue weighted by Crippen LogP contribution is -2.46. The van der Waals surface area contributed by atoms with E-state index in [1.54, 1.807) is 13.8 Å². The third kappa shape index (κ3) is 4.94. The maximum atomic E-state index is 11.6. The first-order valence-corrected chi connectivity index (χ1v) is 7.01. The number of esters is 1. The van der Waals surface area contributed by atoms with Crippen molar-refractivity contribution in [1.82, 2.24) is 4.90 Å². The van der Waals surface area contributed by atoms with E-state index < -0.39 is 5.54 Å². The van der Waals surface area contributed by atoms with Gasteiger partial charge in [0, 0.05) is 6.54 Å². The molecule has 0 amide bonds. The molecule has 0 saturated heterocycles. The monoisotopic (exact) mass is 256 g/mol. The van der Waals surface area contributed by atoms with Gasteiger partial charge in [0.2, 0.25) is 0 Å². The van der Waals surface area contributed by atoms with E-state index in [2.05, 4.69) is 18.9 Å². The van der Waals surface area contributed by atoms with Crippen LogP contribution in [-0.2, 0) is 9.53 Å². The first-order valence-electron chi connectivity index (χ1n) is 7.01. The van der Waals surface area contributed by atoms with Gasteiger partial charge in [0.05, 0.1) is 6.61 Å². The summed E-state index contributed by atoms with van der Waals surface area (Å²) in [6.07, 6.45) is 2.97. The summed E-state index contributed by atoms with van der Waals surface area (Å²) in [4.78, 5) is 14.0. The number of hydrogen-bond donors (Lipinski definition) is 1. The maximum absolute atomic E-state index is 11.6. The number of carbonyl (C=O) groups excluding carboxylic acids is 1. The summed E-state index contributed by atoms with van der Waals surface area (Å²) >= 11 is 0. The zero-order chi connectivity index (χ0) is 13.8. The Hall–Kier alpha value is -0.610. The molecule has 0 aliphatic heterocycles. The fourth-order valence-electron chi connectivity index (χ4n) is 2.26. The van der Waals surface area contributed by atoms with Crippen LogP contribution in [0, 0.1) is 11.8 Å². The zero-order valence-corrected chi connectivity index (χ0v) is 12.2. The zero-order valence-electron chi connectivity index (χ0n) is 12.2. The quantitative estimate of drug-likeness (QED) is 0.671. The first kappa shape index (κ1) is 15.4. The number of ether oxygens (including phenoxy) is 1. The molecule has 4 heteroatoms. The van der Waals surface area contributed by atoms with Gasteiger partial charge < -0.3 is 15.4 Å². The van der Waals surface area contributed by atoms with Gasteiger partial charge in [0.25, 0.3) is 0 Å². The molecule has 1 rings (SSSR count). The molecule has 0 radical (unpaired) electrons. The van der Waals surface area contributed by atoms with E-state index in [4.69, 9.17) is 10.5 Å². The molecular weight excluding hydrogens is 228 g/mol. The molecule has 3 atom stereocenters. The molecule has 0 aromatic carbocycles. The normalized spacial score (nSPS) is 25.9. The fraction of sp³-hybridized carbons (Fsp3) is 0.929. The van der Waals surface area contributed by atoms with Gasteiger partial charge in [-0.2, -0.15) is 0 Å². The minimum absolute atomic E-state index is 0.288. The molecule has 1 aliphatic carbocycles. The summed E-state index contributed by atoms with van der Waals surface area (Å²) < 4.78 is 4.98. The number of nitrogens with zero attached hydrogens (tertiary/aromatic N) is 1. The molecule has 0 aromatic rings. The molecule has 18 heavy (non-hydrogen) atoms. The SMILES string of the molecule is CCOC(=O)C(C)(N)CCCN(C)CC1CC1C. The summed E-state index contributed by atoms with van der Waals surface area (Å²) in [6.45, 7) is 8.42. The number of rotatable bonds is 8. The topological polar surface area (TPSA) is 55.6 Å². The second-order valence-electron chi connectivity index (χ2n) is 5.98. The van der Waals surface area contributed by atoms with Gasteiger partial charge in [-0.15, -0.1) is 0 Å². The number of nitrogens with two attached hydrogens (primary N) is 1. The van der Waals surface area contributed by atoms with Crippen LogP contribution in [0.2, 0.25) is 0 Å². The number of carbonyl (C=O) groups is 1. The van der Waals surface area contributed by atoms with Gasteiger partial charge in [-0.25, -0.2) is 0 Å². The molecule has 0 spiro atoms. The van der Waals surface area contributed by atoms with Gasteiger partial charge in [0.1, 0.15) is 5.54 Å². The van der Waals surface area contributed by atoms with Gasteiger partial charge in [-0.3, -0.25) is 4.79 Å². The Labute approximate surface area is 111 Å². The van der Waals surface area contributed by atoms with Gasteiger partial charge in [-0.1, -0.05) is 6.92 Å². The Kier molecular flexibility index (Phi) is 5.60. The van der Waals surface area contributed by atoms with Crippen LogP contribution in [0.5, 0.6) is 0 Å². The van der Waals surface area contributed by atoms with E-state index in [0.717, 1.165) is 24.8 Å². The largest absolute Gasteiger partial charge is 0.465 e. The van der Waals surface area contributed by atoms with Crippen LogP contribution in [0.1, 0.15) is 40.0 Å². The van der Waals surface area contributed by atoms with Crippen LogP contribution in [-0.4, -0.2) is 43.2 Å². The predicted molar refractivity (Wildman–Crippen MR) is 73.2 cm³/mol. The highest BCUT2D eigenvalue weighted by atomic mass is 16.5. The van der Waals surface area contributed by atoms with Crippen molar-refractivity contribution in [3.8, 4) is 0 Å². The first-order chi connectivity index (χ1) is 8.36. The highest BCUT2D eigenvalue weighted by molar-refractivity contribution is 5.79. The Morgan fingerprint density at radius 1 is 1.56 bits per heavy atom. The van der Waals surface area contributed by atoms with Crippen LogP contribution >= 0.6 is 0 Å². The molecular formula is C14H28N2O2. The minimum atomic E-state index is -0.844. The van der Waals surface area contributed by atoms with Crippen LogP contribution in [0.15, 0.2) is 0 Å². The fourth-order valence-corrected chi connectivity index (χ4v) is 2.26. The second-order valence-corrected chi connectivity index (χ2v) is 5.98. The van der Waals surface area contributed by atoms with Crippen LogP contribution < -0.4 is 5.73 Å². The van der Waals surface area contributed by atoms with Crippen molar-refractivity contribution in [2.24, 2.45) is 17.6 Å². The summed E-state index contributed by atoms with van der Waals surface area (Å²) in [5, 5.41) is 0. The van der Waals surface area contributed by atoms with Crippen molar-refractivity contribution >= 4 is 5.97 Å². The molecule has 4 nitrogen and oxygen atoms in total. The average molecular weight is 256 g/mol. The molecule has 0 heterocycles. The third-order valence-corrected chi connectivity index (χ3v) is 3.80. The second kappa shape index (κ2) is 6.53. The van der Waals surface area contributed by atoms with E-state index in [0.29, 0.717) is 13.0 Å². The van der Waals surface area contributed by atoms with Crippen molar-refractivity contribution < 1.29 is 9.53 Å². The lowest BCUT2D eigenvalue weighted by Gasteiger charge is -2.24. The summed E-state index contributed by atoms with van der Waals surface area (Å²) in [5.41, 5.74) is 5.13. The molecule has 0 bridgehead atoms. The molecule has 2 N–H and O–H groups in total. The number of hydrogen-bond acceptors (Lipinski definition) is 4. The van der Waals surface area contributed by atoms with E-state index in [-0.39, 0.29) is 5.97 Å². The smallest absolute Gasteiger partial charge is 0.325 e. The van der Waals surface area contributed by atoms with E-state index in [9.17, 15) is 4.79 Å². The standard InChI is InChI=1S/C14H28N2O2/c1-5-18-13(17)14(3,15)7-6-8-16(4)10-12-9-11(12)2/h11-12H,5-10,15H2,1-4H3. The van der Waals surface area contributed by atoms with Crippen molar-refractivity contribution in [2.45, 2.75) is 45.6 Å². The van der Waals surface area contributed by atoms with Crippen LogP contribution in [0.3, 0.4) is 0 Å². The Morgan fingerprint density at radius 3 is 2.67 bits per heavy atom. The highest BCUT2D eigenvalue weighted by Gasteiger charge is 2.33. The Morgan fingerprint density at radius 2 is 2.17 bits per heavy atom. The summed E-state index contributed by atoms with van der Waals surface area (Å²) in [7, 11) is 2.14. The minimum Gasteiger partial charge on any atom is -0.465 e. The van der Waals surface area contributed by atoms with Gasteiger partial charge >= 0.3 is 5.97 Å². The van der Waals surface area contributed by atoms with E-state index in [1.807, 2.05) is 0 Å². The van der Waals surface area contributed by atoms with Crippen molar-refractivity contribution in [3.05, 3.63) is 0 Å². The van der Waals surface area contributed by atoms with E-state index in [1.165, 1.54) is 13.0 Å². The molecule has 106 valence electrons. The lowest BCUT2D eigenvalue weighted by molar-refractivity contribution is -0.149. The van der Waals surface area contributed by atoms with Crippen LogP contribution in [0.4, 0.5) is 0 Å². The molecule has 1 saturated carbocycles. The summed E-state index contributed by atoms with van der Waals surface area (Å²) in [5.74, 6) is 1.49. The lowest BCUT2D eigenvalue weighted by atomic mass is 9.97. The molecule has 0 aromatic heterocycles. The maximum Gasteiger partial charge on any atom is 0.325 e. The van der Waals surface area contributed by atoms with Gasteiger partial charge in [0.15, 0.2) is 0 Å². The van der Waals surface area contributed by atoms with Gasteiger partial charge in [-0.05, 0) is 58.5 Å². The summed E-state index contributed by atoms with van der Waals surface area (Å²) in [6, 6.07) is 0. The van der Waals surface area contributed by atoms with Crippen LogP contribution in [0.25, 0.3) is 0 Å². The van der Waals surface area contributed by atoms with Crippen molar-refractivity contribution in [1.29, 1.82) is 0 Å². The van der Waals surface area contributed by atoms with E-state index >= 15 is 0 Å². The molecule has 1 aliphatic rings.